The maximum absolute atomic E-state index is 12.7. The van der Waals surface area contributed by atoms with Gasteiger partial charge in [0, 0.05) is 30.9 Å². The van der Waals surface area contributed by atoms with Crippen molar-refractivity contribution < 1.29 is 4.79 Å². The van der Waals surface area contributed by atoms with Gasteiger partial charge in [0.15, 0.2) is 0 Å². The molecule has 1 atom stereocenters. The van der Waals surface area contributed by atoms with Crippen molar-refractivity contribution >= 4 is 17.2 Å². The van der Waals surface area contributed by atoms with Crippen LogP contribution in [0.25, 0.3) is 0 Å². The Morgan fingerprint density at radius 1 is 1.62 bits per heavy atom. The Bertz CT molecular complexity index is 643. The van der Waals surface area contributed by atoms with Gasteiger partial charge in [0.2, 0.25) is 0 Å². The predicted molar refractivity (Wildman–Crippen MR) is 80.8 cm³/mol. The second-order valence-electron chi connectivity index (χ2n) is 5.48. The first-order chi connectivity index (χ1) is 10.1. The number of carbonyl (C=O) groups excluding carboxylic acids is 1. The first-order valence-corrected chi connectivity index (χ1v) is 7.92. The number of hydrogen-bond donors (Lipinski definition) is 1. The Kier molecular flexibility index (Phi) is 3.77. The van der Waals surface area contributed by atoms with Crippen LogP contribution in [0.2, 0.25) is 0 Å². The Labute approximate surface area is 127 Å². The number of thiazole rings is 1. The molecule has 112 valence electrons. The lowest BCUT2D eigenvalue weighted by molar-refractivity contribution is 0.0718. The van der Waals surface area contributed by atoms with Crippen LogP contribution in [0, 0.1) is 0 Å². The fourth-order valence-electron chi connectivity index (χ4n) is 2.20. The summed E-state index contributed by atoms with van der Waals surface area (Å²) in [6.45, 7) is 2.40. The van der Waals surface area contributed by atoms with Gasteiger partial charge in [-0.2, -0.15) is 0 Å². The van der Waals surface area contributed by atoms with E-state index in [1.54, 1.807) is 11.6 Å². The van der Waals surface area contributed by atoms with E-state index >= 15 is 0 Å². The lowest BCUT2D eigenvalue weighted by Gasteiger charge is -2.21. The summed E-state index contributed by atoms with van der Waals surface area (Å²) in [7, 11) is 1.94. The molecule has 1 amide bonds. The van der Waals surface area contributed by atoms with Gasteiger partial charge in [0.25, 0.3) is 5.91 Å². The summed E-state index contributed by atoms with van der Waals surface area (Å²) in [4.78, 5) is 23.2. The maximum Gasteiger partial charge on any atom is 0.273 e. The third kappa shape index (κ3) is 2.98. The highest BCUT2D eigenvalue weighted by Gasteiger charge is 2.34. The number of rotatable bonds is 5. The molecular formula is C14H19N5OS. The molecule has 2 aromatic rings. The summed E-state index contributed by atoms with van der Waals surface area (Å²) in [5.74, 6) is 0.863. The van der Waals surface area contributed by atoms with Crippen molar-refractivity contribution in [3.63, 3.8) is 0 Å². The molecule has 0 bridgehead atoms. The number of nitrogens with zero attached hydrogens (tertiary/aromatic N) is 4. The van der Waals surface area contributed by atoms with E-state index in [9.17, 15) is 4.79 Å². The Balaban J connectivity index is 1.80. The predicted octanol–water partition coefficient (Wildman–Crippen LogP) is 1.70. The first-order valence-electron chi connectivity index (χ1n) is 7.04. The van der Waals surface area contributed by atoms with Gasteiger partial charge in [-0.3, -0.25) is 4.79 Å². The molecule has 7 heteroatoms. The van der Waals surface area contributed by atoms with Gasteiger partial charge < -0.3 is 15.2 Å². The van der Waals surface area contributed by atoms with Crippen molar-refractivity contribution in [2.75, 3.05) is 0 Å². The summed E-state index contributed by atoms with van der Waals surface area (Å²) < 4.78 is 1.94. The minimum Gasteiger partial charge on any atom is -0.337 e. The molecule has 0 aromatic carbocycles. The number of nitrogens with two attached hydrogens (primary N) is 1. The van der Waals surface area contributed by atoms with E-state index in [4.69, 9.17) is 5.73 Å². The van der Waals surface area contributed by atoms with Crippen LogP contribution in [0.3, 0.4) is 0 Å². The van der Waals surface area contributed by atoms with Gasteiger partial charge in [-0.25, -0.2) is 9.97 Å². The molecule has 6 nitrogen and oxygen atoms in total. The van der Waals surface area contributed by atoms with Crippen LogP contribution in [0.4, 0.5) is 0 Å². The molecule has 2 N–H and O–H groups in total. The zero-order valence-corrected chi connectivity index (χ0v) is 13.0. The van der Waals surface area contributed by atoms with Crippen molar-refractivity contribution in [3.05, 3.63) is 34.3 Å². The van der Waals surface area contributed by atoms with Crippen LogP contribution in [0.1, 0.15) is 47.1 Å². The topological polar surface area (TPSA) is 77.0 Å². The largest absolute Gasteiger partial charge is 0.337 e. The molecule has 0 aliphatic heterocycles. The summed E-state index contributed by atoms with van der Waals surface area (Å²) >= 11 is 1.44. The highest BCUT2D eigenvalue weighted by Crippen LogP contribution is 2.30. The Morgan fingerprint density at radius 3 is 2.90 bits per heavy atom. The van der Waals surface area contributed by atoms with Crippen LogP contribution in [-0.2, 0) is 13.6 Å². The lowest BCUT2D eigenvalue weighted by atomic mass is 10.3. The molecule has 1 saturated carbocycles. The summed E-state index contributed by atoms with van der Waals surface area (Å²) in [6.07, 6.45) is 5.75. The molecule has 1 unspecified atom stereocenters. The fraction of sp³-hybridized carbons (Fsp3) is 0.500. The molecule has 1 aliphatic rings. The van der Waals surface area contributed by atoms with Gasteiger partial charge in [0.05, 0.1) is 12.6 Å². The van der Waals surface area contributed by atoms with E-state index < -0.39 is 0 Å². The van der Waals surface area contributed by atoms with Gasteiger partial charge in [-0.1, -0.05) is 0 Å². The average Bonchev–Trinajstić information content (AvgIpc) is 3.01. The standard InChI is InChI=1S/C14H19N5OS/c1-9(15)13-17-11(8-21-13)14(20)19(10-3-4-10)7-12-16-5-6-18(12)2/h5-6,8-10H,3-4,7,15H2,1-2H3. The molecule has 2 aromatic heterocycles. The minimum absolute atomic E-state index is 0.0244. The number of carbonyl (C=O) groups is 1. The van der Waals surface area contributed by atoms with Crippen molar-refractivity contribution in [1.29, 1.82) is 0 Å². The summed E-state index contributed by atoms with van der Waals surface area (Å²) in [5.41, 5.74) is 6.31. The molecule has 1 fully saturated rings. The smallest absolute Gasteiger partial charge is 0.273 e. The van der Waals surface area contributed by atoms with Crippen molar-refractivity contribution in [2.24, 2.45) is 12.8 Å². The van der Waals surface area contributed by atoms with E-state index in [2.05, 4.69) is 9.97 Å². The highest BCUT2D eigenvalue weighted by molar-refractivity contribution is 7.09. The highest BCUT2D eigenvalue weighted by atomic mass is 32.1. The zero-order chi connectivity index (χ0) is 15.0. The number of amides is 1. The van der Waals surface area contributed by atoms with Crippen molar-refractivity contribution in [1.82, 2.24) is 19.4 Å². The molecule has 0 saturated heterocycles. The molecular weight excluding hydrogens is 286 g/mol. The third-order valence-corrected chi connectivity index (χ3v) is 4.66. The number of aromatic nitrogens is 3. The lowest BCUT2D eigenvalue weighted by Crippen LogP contribution is -2.33. The van der Waals surface area contributed by atoms with Crippen LogP contribution in [-0.4, -0.2) is 31.4 Å². The molecule has 2 heterocycles. The van der Waals surface area contributed by atoms with Crippen LogP contribution >= 0.6 is 11.3 Å². The molecule has 0 spiro atoms. The number of hydrogen-bond acceptors (Lipinski definition) is 5. The maximum atomic E-state index is 12.7. The summed E-state index contributed by atoms with van der Waals surface area (Å²) in [5, 5.41) is 2.60. The van der Waals surface area contributed by atoms with Gasteiger partial charge in [-0.05, 0) is 19.8 Å². The monoisotopic (exact) mass is 305 g/mol. The van der Waals surface area contributed by atoms with E-state index in [0.29, 0.717) is 18.3 Å². The molecule has 1 aliphatic carbocycles. The second-order valence-corrected chi connectivity index (χ2v) is 6.37. The molecule has 0 radical (unpaired) electrons. The SMILES string of the molecule is CC(N)c1nc(C(=O)N(Cc2nccn2C)C2CC2)cs1. The number of imidazole rings is 1. The second kappa shape index (κ2) is 5.57. The van der Waals surface area contributed by atoms with E-state index in [-0.39, 0.29) is 11.9 Å². The zero-order valence-electron chi connectivity index (χ0n) is 12.2. The average molecular weight is 305 g/mol. The summed E-state index contributed by atoms with van der Waals surface area (Å²) in [6, 6.07) is 0.176. The quantitative estimate of drug-likeness (QED) is 0.912. The molecule has 3 rings (SSSR count). The van der Waals surface area contributed by atoms with Crippen LogP contribution in [0.15, 0.2) is 17.8 Å². The van der Waals surface area contributed by atoms with E-state index in [1.807, 2.05) is 29.6 Å². The van der Waals surface area contributed by atoms with Gasteiger partial charge >= 0.3 is 0 Å². The van der Waals surface area contributed by atoms with Gasteiger partial charge in [-0.15, -0.1) is 11.3 Å². The van der Waals surface area contributed by atoms with Gasteiger partial charge in [0.1, 0.15) is 16.5 Å². The van der Waals surface area contributed by atoms with E-state index in [0.717, 1.165) is 23.7 Å². The van der Waals surface area contributed by atoms with Crippen LogP contribution in [0.5, 0.6) is 0 Å². The third-order valence-electron chi connectivity index (χ3n) is 3.61. The first kappa shape index (κ1) is 14.2. The fourth-order valence-corrected chi connectivity index (χ4v) is 2.95. The molecule has 21 heavy (non-hydrogen) atoms. The van der Waals surface area contributed by atoms with Crippen LogP contribution < -0.4 is 5.73 Å². The van der Waals surface area contributed by atoms with E-state index in [1.165, 1.54) is 11.3 Å². The Hall–Kier alpha value is -1.73. The van der Waals surface area contributed by atoms with Crippen molar-refractivity contribution in [3.8, 4) is 0 Å². The number of aryl methyl sites for hydroxylation is 1. The van der Waals surface area contributed by atoms with Crippen molar-refractivity contribution in [2.45, 2.75) is 38.4 Å². The minimum atomic E-state index is -0.138. The Morgan fingerprint density at radius 2 is 2.38 bits per heavy atom. The normalized spacial score (nSPS) is 16.0.